The molecule has 1 aromatic heterocycles. The number of pyridine rings is 1. The molecular formula is C14H16N2O3S. The number of hydrogen-bond donors (Lipinski definition) is 2. The molecule has 2 rings (SSSR count). The largest absolute Gasteiger partial charge is 0.392 e. The molecule has 0 radical (unpaired) electrons. The van der Waals surface area contributed by atoms with E-state index in [4.69, 9.17) is 0 Å². The van der Waals surface area contributed by atoms with Gasteiger partial charge in [0.1, 0.15) is 0 Å². The van der Waals surface area contributed by atoms with Gasteiger partial charge in [-0.3, -0.25) is 9.71 Å². The van der Waals surface area contributed by atoms with Crippen LogP contribution in [0.5, 0.6) is 0 Å². The summed E-state index contributed by atoms with van der Waals surface area (Å²) in [5, 5.41) is 9.30. The molecule has 0 spiro atoms. The molecule has 0 aliphatic rings. The van der Waals surface area contributed by atoms with E-state index in [-0.39, 0.29) is 11.5 Å². The highest BCUT2D eigenvalue weighted by Gasteiger charge is 2.15. The van der Waals surface area contributed by atoms with Gasteiger partial charge in [0.2, 0.25) is 0 Å². The van der Waals surface area contributed by atoms with Crippen molar-refractivity contribution < 1.29 is 13.5 Å². The summed E-state index contributed by atoms with van der Waals surface area (Å²) in [6.07, 6.45) is 3.74. The summed E-state index contributed by atoms with van der Waals surface area (Å²) in [7, 11) is -3.67. The lowest BCUT2D eigenvalue weighted by molar-refractivity contribution is 0.280. The van der Waals surface area contributed by atoms with Gasteiger partial charge in [-0.25, -0.2) is 8.42 Å². The van der Waals surface area contributed by atoms with Crippen molar-refractivity contribution in [1.82, 2.24) is 4.98 Å². The predicted molar refractivity (Wildman–Crippen MR) is 76.8 cm³/mol. The van der Waals surface area contributed by atoms with Crippen molar-refractivity contribution in [3.8, 4) is 0 Å². The number of sulfonamides is 1. The first-order valence-corrected chi connectivity index (χ1v) is 7.70. The lowest BCUT2D eigenvalue weighted by Gasteiger charge is -2.11. The number of aliphatic hydroxyl groups excluding tert-OH is 1. The molecule has 1 aromatic carbocycles. The Morgan fingerprint density at radius 3 is 2.65 bits per heavy atom. The maximum atomic E-state index is 12.2. The molecule has 0 fully saturated rings. The first-order chi connectivity index (χ1) is 9.56. The highest BCUT2D eigenvalue weighted by atomic mass is 32.2. The topological polar surface area (TPSA) is 79.3 Å². The average Bonchev–Trinajstić information content (AvgIpc) is 2.47. The fourth-order valence-electron chi connectivity index (χ4n) is 1.90. The smallest absolute Gasteiger partial charge is 0.261 e. The molecular weight excluding hydrogens is 276 g/mol. The van der Waals surface area contributed by atoms with Gasteiger partial charge in [-0.2, -0.15) is 0 Å². The van der Waals surface area contributed by atoms with Crippen LogP contribution >= 0.6 is 0 Å². The SMILES string of the molecule is CCc1ccc(S(=O)(=O)Nc2cccnc2)cc1CO. The number of nitrogens with zero attached hydrogens (tertiary/aromatic N) is 1. The number of nitrogens with one attached hydrogen (secondary N) is 1. The third-order valence-corrected chi connectivity index (χ3v) is 4.33. The van der Waals surface area contributed by atoms with E-state index in [0.29, 0.717) is 11.3 Å². The minimum Gasteiger partial charge on any atom is -0.392 e. The zero-order valence-corrected chi connectivity index (χ0v) is 11.9. The van der Waals surface area contributed by atoms with Crippen molar-refractivity contribution >= 4 is 15.7 Å². The number of anilines is 1. The number of aromatic nitrogens is 1. The van der Waals surface area contributed by atoms with Gasteiger partial charge in [-0.05, 0) is 41.8 Å². The Kier molecular flexibility index (Phi) is 4.36. The molecule has 0 atom stereocenters. The van der Waals surface area contributed by atoms with Crippen molar-refractivity contribution in [2.75, 3.05) is 4.72 Å². The zero-order chi connectivity index (χ0) is 14.6. The maximum absolute atomic E-state index is 12.2. The molecule has 2 N–H and O–H groups in total. The quantitative estimate of drug-likeness (QED) is 0.882. The zero-order valence-electron chi connectivity index (χ0n) is 11.1. The Hall–Kier alpha value is -1.92. The third kappa shape index (κ3) is 3.15. The van der Waals surface area contributed by atoms with Crippen LogP contribution in [-0.4, -0.2) is 18.5 Å². The van der Waals surface area contributed by atoms with E-state index in [1.165, 1.54) is 18.3 Å². The lowest BCUT2D eigenvalue weighted by atomic mass is 10.1. The average molecular weight is 292 g/mol. The molecule has 5 nitrogen and oxygen atoms in total. The number of aliphatic hydroxyl groups is 1. The standard InChI is InChI=1S/C14H16N2O3S/c1-2-11-5-6-14(8-12(11)10-17)20(18,19)16-13-4-3-7-15-9-13/h3-9,16-17H,2,10H2,1H3. The van der Waals surface area contributed by atoms with Gasteiger partial charge in [0.25, 0.3) is 10.0 Å². The van der Waals surface area contributed by atoms with Gasteiger partial charge in [0.15, 0.2) is 0 Å². The molecule has 6 heteroatoms. The van der Waals surface area contributed by atoms with Crippen LogP contribution in [0.25, 0.3) is 0 Å². The summed E-state index contributed by atoms with van der Waals surface area (Å²) in [6.45, 7) is 1.77. The van der Waals surface area contributed by atoms with Gasteiger partial charge in [-0.15, -0.1) is 0 Å². The normalized spacial score (nSPS) is 11.3. The summed E-state index contributed by atoms with van der Waals surface area (Å²) in [6, 6.07) is 8.03. The molecule has 0 aliphatic carbocycles. The van der Waals surface area contributed by atoms with Crippen LogP contribution in [0, 0.1) is 0 Å². The van der Waals surface area contributed by atoms with Crippen molar-refractivity contribution in [2.24, 2.45) is 0 Å². The van der Waals surface area contributed by atoms with Crippen molar-refractivity contribution in [3.05, 3.63) is 53.9 Å². The molecule has 0 aliphatic heterocycles. The molecule has 0 amide bonds. The maximum Gasteiger partial charge on any atom is 0.261 e. The molecule has 20 heavy (non-hydrogen) atoms. The molecule has 0 bridgehead atoms. The van der Waals surface area contributed by atoms with Crippen molar-refractivity contribution in [1.29, 1.82) is 0 Å². The second-order valence-electron chi connectivity index (χ2n) is 4.29. The van der Waals surface area contributed by atoms with Gasteiger partial charge >= 0.3 is 0 Å². The number of benzene rings is 1. The summed E-state index contributed by atoms with van der Waals surface area (Å²) >= 11 is 0. The predicted octanol–water partition coefficient (Wildman–Crippen LogP) is 1.94. The summed E-state index contributed by atoms with van der Waals surface area (Å²) < 4.78 is 26.9. The van der Waals surface area contributed by atoms with Gasteiger partial charge in [0.05, 0.1) is 23.4 Å². The van der Waals surface area contributed by atoms with E-state index in [2.05, 4.69) is 9.71 Å². The van der Waals surface area contributed by atoms with E-state index in [0.717, 1.165) is 12.0 Å². The van der Waals surface area contributed by atoms with E-state index < -0.39 is 10.0 Å². The molecule has 0 saturated carbocycles. The van der Waals surface area contributed by atoms with E-state index in [9.17, 15) is 13.5 Å². The number of rotatable bonds is 5. The van der Waals surface area contributed by atoms with Crippen molar-refractivity contribution in [2.45, 2.75) is 24.8 Å². The number of hydrogen-bond acceptors (Lipinski definition) is 4. The Labute approximate surface area is 118 Å². The second-order valence-corrected chi connectivity index (χ2v) is 5.97. The van der Waals surface area contributed by atoms with Crippen LogP contribution in [-0.2, 0) is 23.1 Å². The van der Waals surface area contributed by atoms with Crippen LogP contribution in [0.3, 0.4) is 0 Å². The Morgan fingerprint density at radius 1 is 1.25 bits per heavy atom. The Balaban J connectivity index is 2.35. The highest BCUT2D eigenvalue weighted by molar-refractivity contribution is 7.92. The first-order valence-electron chi connectivity index (χ1n) is 6.22. The minimum absolute atomic E-state index is 0.127. The van der Waals surface area contributed by atoms with Crippen LogP contribution < -0.4 is 4.72 Å². The molecule has 0 unspecified atom stereocenters. The molecule has 2 aromatic rings. The Morgan fingerprint density at radius 2 is 2.05 bits per heavy atom. The summed E-state index contributed by atoms with van der Waals surface area (Å²) in [5.41, 5.74) is 1.96. The van der Waals surface area contributed by atoms with Crippen LogP contribution in [0.15, 0.2) is 47.6 Å². The fraction of sp³-hybridized carbons (Fsp3) is 0.214. The van der Waals surface area contributed by atoms with E-state index in [1.54, 1.807) is 24.4 Å². The lowest BCUT2D eigenvalue weighted by Crippen LogP contribution is -2.13. The molecule has 1 heterocycles. The van der Waals surface area contributed by atoms with Crippen molar-refractivity contribution in [3.63, 3.8) is 0 Å². The van der Waals surface area contributed by atoms with E-state index in [1.807, 2.05) is 6.92 Å². The molecule has 0 saturated heterocycles. The minimum atomic E-state index is -3.67. The van der Waals surface area contributed by atoms with Crippen LogP contribution in [0.1, 0.15) is 18.1 Å². The third-order valence-electron chi connectivity index (χ3n) is 2.95. The summed E-state index contributed by atoms with van der Waals surface area (Å²) in [5.74, 6) is 0. The second kappa shape index (κ2) is 6.02. The van der Waals surface area contributed by atoms with Crippen LogP contribution in [0.4, 0.5) is 5.69 Å². The molecule has 106 valence electrons. The first kappa shape index (κ1) is 14.5. The monoisotopic (exact) mass is 292 g/mol. The highest BCUT2D eigenvalue weighted by Crippen LogP contribution is 2.19. The van der Waals surface area contributed by atoms with Gasteiger partial charge < -0.3 is 5.11 Å². The Bertz CT molecular complexity index is 685. The van der Waals surface area contributed by atoms with E-state index >= 15 is 0 Å². The van der Waals surface area contributed by atoms with Gasteiger partial charge in [-0.1, -0.05) is 13.0 Å². The van der Waals surface area contributed by atoms with Crippen LogP contribution in [0.2, 0.25) is 0 Å². The van der Waals surface area contributed by atoms with Gasteiger partial charge in [0, 0.05) is 6.20 Å². The number of aryl methyl sites for hydroxylation is 1. The fourth-order valence-corrected chi connectivity index (χ4v) is 2.99. The summed E-state index contributed by atoms with van der Waals surface area (Å²) in [4.78, 5) is 3.98.